The molecule has 0 saturated carbocycles. The number of rotatable bonds is 6. The van der Waals surface area contributed by atoms with E-state index >= 15 is 0 Å². The molecule has 3 aromatic carbocycles. The number of hydrogen-bond acceptors (Lipinski definition) is 4. The molecule has 3 aliphatic rings. The van der Waals surface area contributed by atoms with Gasteiger partial charge in [-0.2, -0.15) is 0 Å². The molecule has 2 heterocycles. The molecule has 1 aliphatic carbocycles. The standard InChI is InChI=1S/C32H33NO3/c1-23-8-7-12-27(18-23)32(20-25-11-5-6-13-28(25)31(32)34)26-14-16-33(17-15-26)29(30-21-35-22-36-30)19-24-9-3-2-4-10-24/h2-13,18,21,26,29H,14-17,19-20,22H2,1H3. The van der Waals surface area contributed by atoms with Crippen LogP contribution < -0.4 is 0 Å². The molecule has 2 unspecified atom stereocenters. The maximum absolute atomic E-state index is 14.1. The second-order valence-corrected chi connectivity index (χ2v) is 10.5. The van der Waals surface area contributed by atoms with E-state index in [1.54, 1.807) is 6.26 Å². The smallest absolute Gasteiger partial charge is 0.229 e. The van der Waals surface area contributed by atoms with E-state index in [-0.39, 0.29) is 6.04 Å². The SMILES string of the molecule is Cc1cccc(C2(C3CCN(C(Cc4ccccc4)C4=COCO4)CC3)Cc3ccccc3C2=O)c1. The van der Waals surface area contributed by atoms with E-state index in [0.29, 0.717) is 18.5 Å². The topological polar surface area (TPSA) is 38.8 Å². The van der Waals surface area contributed by atoms with Crippen LogP contribution in [0.1, 0.15) is 45.5 Å². The highest BCUT2D eigenvalue weighted by Gasteiger charge is 2.52. The molecular weight excluding hydrogens is 446 g/mol. The number of carbonyl (C=O) groups is 1. The summed E-state index contributed by atoms with van der Waals surface area (Å²) < 4.78 is 11.3. The monoisotopic (exact) mass is 479 g/mol. The molecule has 6 rings (SSSR count). The highest BCUT2D eigenvalue weighted by molar-refractivity contribution is 6.08. The fraction of sp³-hybridized carbons (Fsp3) is 0.344. The Bertz CT molecular complexity index is 1280. The number of fused-ring (bicyclic) bond motifs is 1. The zero-order chi connectivity index (χ0) is 24.5. The quantitative estimate of drug-likeness (QED) is 0.445. The summed E-state index contributed by atoms with van der Waals surface area (Å²) in [5.74, 6) is 1.51. The number of aryl methyl sites for hydroxylation is 1. The summed E-state index contributed by atoms with van der Waals surface area (Å²) in [7, 11) is 0. The number of nitrogens with zero attached hydrogens (tertiary/aromatic N) is 1. The van der Waals surface area contributed by atoms with Crippen molar-refractivity contribution in [1.82, 2.24) is 4.90 Å². The first-order chi connectivity index (χ1) is 17.6. The van der Waals surface area contributed by atoms with Crippen LogP contribution in [0.5, 0.6) is 0 Å². The molecule has 2 aliphatic heterocycles. The van der Waals surface area contributed by atoms with Crippen LogP contribution in [0.3, 0.4) is 0 Å². The molecule has 4 nitrogen and oxygen atoms in total. The number of hydrogen-bond donors (Lipinski definition) is 0. The first kappa shape index (κ1) is 23.1. The van der Waals surface area contributed by atoms with E-state index in [1.807, 2.05) is 12.1 Å². The van der Waals surface area contributed by atoms with E-state index < -0.39 is 5.41 Å². The zero-order valence-corrected chi connectivity index (χ0v) is 20.9. The molecule has 0 bridgehead atoms. The summed E-state index contributed by atoms with van der Waals surface area (Å²) >= 11 is 0. The number of carbonyl (C=O) groups excluding carboxylic acids is 1. The fourth-order valence-electron chi connectivity index (χ4n) is 6.62. The minimum absolute atomic E-state index is 0.141. The molecular formula is C32H33NO3. The third-order valence-corrected chi connectivity index (χ3v) is 8.43. The van der Waals surface area contributed by atoms with Crippen molar-refractivity contribution in [2.24, 2.45) is 5.92 Å². The molecule has 0 N–H and O–H groups in total. The lowest BCUT2D eigenvalue weighted by atomic mass is 9.64. The maximum atomic E-state index is 14.1. The second kappa shape index (κ2) is 9.59. The van der Waals surface area contributed by atoms with E-state index in [9.17, 15) is 4.79 Å². The van der Waals surface area contributed by atoms with Crippen molar-refractivity contribution in [2.75, 3.05) is 19.9 Å². The molecule has 0 radical (unpaired) electrons. The van der Waals surface area contributed by atoms with Gasteiger partial charge in [-0.3, -0.25) is 9.69 Å². The Hall–Kier alpha value is -3.37. The van der Waals surface area contributed by atoms with E-state index in [1.165, 1.54) is 22.3 Å². The number of piperidine rings is 1. The van der Waals surface area contributed by atoms with Gasteiger partial charge >= 0.3 is 0 Å². The van der Waals surface area contributed by atoms with Gasteiger partial charge in [0.05, 0.1) is 11.5 Å². The number of likely N-dealkylation sites (tertiary alicyclic amines) is 1. The predicted molar refractivity (Wildman–Crippen MR) is 141 cm³/mol. The van der Waals surface area contributed by atoms with Crippen molar-refractivity contribution in [3.63, 3.8) is 0 Å². The molecule has 36 heavy (non-hydrogen) atoms. The molecule has 0 aromatic heterocycles. The molecule has 0 spiro atoms. The minimum Gasteiger partial charge on any atom is -0.462 e. The molecule has 1 fully saturated rings. The van der Waals surface area contributed by atoms with Gasteiger partial charge < -0.3 is 9.47 Å². The predicted octanol–water partition coefficient (Wildman–Crippen LogP) is 5.84. The van der Waals surface area contributed by atoms with Crippen molar-refractivity contribution in [3.05, 3.63) is 119 Å². The molecule has 4 heteroatoms. The van der Waals surface area contributed by atoms with Crippen LogP contribution >= 0.6 is 0 Å². The molecule has 2 atom stereocenters. The first-order valence-electron chi connectivity index (χ1n) is 13.1. The Labute approximate surface area is 213 Å². The zero-order valence-electron chi connectivity index (χ0n) is 20.9. The highest BCUT2D eigenvalue weighted by atomic mass is 16.7. The number of benzene rings is 3. The fourth-order valence-corrected chi connectivity index (χ4v) is 6.62. The van der Waals surface area contributed by atoms with Crippen molar-refractivity contribution in [1.29, 1.82) is 0 Å². The van der Waals surface area contributed by atoms with Gasteiger partial charge in [0, 0.05) is 5.56 Å². The molecule has 3 aromatic rings. The van der Waals surface area contributed by atoms with E-state index in [0.717, 1.165) is 50.1 Å². The Morgan fingerprint density at radius 1 is 0.972 bits per heavy atom. The van der Waals surface area contributed by atoms with E-state index in [4.69, 9.17) is 9.47 Å². The van der Waals surface area contributed by atoms with Gasteiger partial charge in [-0.15, -0.1) is 0 Å². The summed E-state index contributed by atoms with van der Waals surface area (Å²) in [4.78, 5) is 16.7. The van der Waals surface area contributed by atoms with Gasteiger partial charge in [-0.1, -0.05) is 84.4 Å². The Kier molecular flexibility index (Phi) is 6.14. The summed E-state index contributed by atoms with van der Waals surface area (Å²) in [6.45, 7) is 4.28. The third-order valence-electron chi connectivity index (χ3n) is 8.43. The van der Waals surface area contributed by atoms with Crippen LogP contribution in [0.25, 0.3) is 0 Å². The molecule has 1 saturated heterocycles. The first-order valence-corrected chi connectivity index (χ1v) is 13.1. The lowest BCUT2D eigenvalue weighted by molar-refractivity contribution is 0.0436. The highest BCUT2D eigenvalue weighted by Crippen LogP contribution is 2.49. The maximum Gasteiger partial charge on any atom is 0.229 e. The van der Waals surface area contributed by atoms with Crippen molar-refractivity contribution < 1.29 is 14.3 Å². The van der Waals surface area contributed by atoms with Crippen LogP contribution in [0.15, 0.2) is 90.9 Å². The normalized spacial score (nSPS) is 23.0. The average Bonchev–Trinajstić information content (AvgIpc) is 3.56. The summed E-state index contributed by atoms with van der Waals surface area (Å²) in [5.41, 5.74) is 5.29. The van der Waals surface area contributed by atoms with Crippen LogP contribution in [-0.4, -0.2) is 36.6 Å². The summed E-state index contributed by atoms with van der Waals surface area (Å²) in [6, 6.07) is 27.6. The largest absolute Gasteiger partial charge is 0.462 e. The van der Waals surface area contributed by atoms with Gasteiger partial charge in [-0.25, -0.2) is 0 Å². The van der Waals surface area contributed by atoms with Gasteiger partial charge in [0.2, 0.25) is 6.79 Å². The lowest BCUT2D eigenvalue weighted by Crippen LogP contribution is -2.50. The minimum atomic E-state index is -0.483. The third kappa shape index (κ3) is 4.04. The van der Waals surface area contributed by atoms with Gasteiger partial charge in [0.15, 0.2) is 11.5 Å². The van der Waals surface area contributed by atoms with Crippen molar-refractivity contribution in [2.45, 2.75) is 44.1 Å². The average molecular weight is 480 g/mol. The van der Waals surface area contributed by atoms with Crippen LogP contribution in [0.2, 0.25) is 0 Å². The Morgan fingerprint density at radius 2 is 1.75 bits per heavy atom. The van der Waals surface area contributed by atoms with Gasteiger partial charge in [0.25, 0.3) is 0 Å². The van der Waals surface area contributed by atoms with Crippen LogP contribution in [0, 0.1) is 12.8 Å². The van der Waals surface area contributed by atoms with Crippen molar-refractivity contribution >= 4 is 5.78 Å². The van der Waals surface area contributed by atoms with Crippen LogP contribution in [-0.2, 0) is 27.7 Å². The number of Topliss-reactive ketones (excluding diaryl/α,β-unsaturated/α-hetero) is 1. The van der Waals surface area contributed by atoms with Crippen LogP contribution in [0.4, 0.5) is 0 Å². The lowest BCUT2D eigenvalue weighted by Gasteiger charge is -2.44. The van der Waals surface area contributed by atoms with Gasteiger partial charge in [-0.05, 0) is 68.3 Å². The molecule has 184 valence electrons. The summed E-state index contributed by atoms with van der Waals surface area (Å²) in [5, 5.41) is 0. The Morgan fingerprint density at radius 3 is 2.47 bits per heavy atom. The summed E-state index contributed by atoms with van der Waals surface area (Å²) in [6.07, 6.45) is 5.42. The van der Waals surface area contributed by atoms with Gasteiger partial charge in [0.1, 0.15) is 6.26 Å². The number of ketones is 1. The Balaban J connectivity index is 1.28. The number of ether oxygens (including phenoxy) is 2. The molecule has 0 amide bonds. The van der Waals surface area contributed by atoms with E-state index in [2.05, 4.69) is 78.6 Å². The second-order valence-electron chi connectivity index (χ2n) is 10.5. The van der Waals surface area contributed by atoms with Crippen molar-refractivity contribution in [3.8, 4) is 0 Å².